The molecule has 3 rings (SSSR count). The number of nitrogens with zero attached hydrogens (tertiary/aromatic N) is 1. The van der Waals surface area contributed by atoms with Crippen LogP contribution < -0.4 is 14.4 Å². The summed E-state index contributed by atoms with van der Waals surface area (Å²) in [5, 5.41) is 0.478. The molecule has 0 aliphatic carbocycles. The Morgan fingerprint density at radius 1 is 1.12 bits per heavy atom. The largest absolute Gasteiger partial charge is 0.493 e. The Kier molecular flexibility index (Phi) is 5.32. The van der Waals surface area contributed by atoms with E-state index in [9.17, 15) is 4.79 Å². The molecule has 1 fully saturated rings. The molecule has 25 heavy (non-hydrogen) atoms. The van der Waals surface area contributed by atoms with Crippen LogP contribution in [0.1, 0.15) is 5.56 Å². The summed E-state index contributed by atoms with van der Waals surface area (Å²) in [7, 11) is 3.14. The first-order valence-electron chi connectivity index (χ1n) is 7.29. The van der Waals surface area contributed by atoms with Crippen molar-refractivity contribution < 1.29 is 14.3 Å². The van der Waals surface area contributed by atoms with Crippen LogP contribution in [0.4, 0.5) is 5.69 Å². The van der Waals surface area contributed by atoms with Crippen LogP contribution in [-0.2, 0) is 4.79 Å². The lowest BCUT2D eigenvalue weighted by atomic mass is 10.2. The quantitative estimate of drug-likeness (QED) is 0.554. The number of hydrogen-bond donors (Lipinski definition) is 0. The van der Waals surface area contributed by atoms with Gasteiger partial charge in [0.15, 0.2) is 15.8 Å². The van der Waals surface area contributed by atoms with Crippen LogP contribution >= 0.6 is 35.6 Å². The summed E-state index contributed by atoms with van der Waals surface area (Å²) in [4.78, 5) is 14.8. The fourth-order valence-electron chi connectivity index (χ4n) is 2.40. The second kappa shape index (κ2) is 7.47. The minimum atomic E-state index is -0.196. The Hall–Kier alpha value is -2.02. The van der Waals surface area contributed by atoms with Gasteiger partial charge in [0.2, 0.25) is 0 Å². The molecular weight excluding hydrogens is 378 g/mol. The van der Waals surface area contributed by atoms with Crippen molar-refractivity contribution in [2.75, 3.05) is 19.1 Å². The van der Waals surface area contributed by atoms with Crippen molar-refractivity contribution in [3.05, 3.63) is 58.0 Å². The number of carbonyl (C=O) groups is 1. The van der Waals surface area contributed by atoms with E-state index < -0.39 is 0 Å². The van der Waals surface area contributed by atoms with Crippen LogP contribution in [0.15, 0.2) is 47.4 Å². The second-order valence-electron chi connectivity index (χ2n) is 5.08. The number of rotatable bonds is 4. The average Bonchev–Trinajstić information content (AvgIpc) is 2.89. The standard InChI is InChI=1S/C18H14ClNO3S2/c1-22-14-8-7-11(9-15(14)23-2)10-16-17(21)20(18(24)25-16)13-6-4-3-5-12(13)19/h3-10H,1-2H3/b16-10+. The first-order chi connectivity index (χ1) is 12.0. The van der Waals surface area contributed by atoms with E-state index in [-0.39, 0.29) is 5.91 Å². The van der Waals surface area contributed by atoms with Gasteiger partial charge in [-0.3, -0.25) is 9.69 Å². The third kappa shape index (κ3) is 3.51. The molecule has 1 aliphatic heterocycles. The van der Waals surface area contributed by atoms with Crippen molar-refractivity contribution >= 4 is 57.6 Å². The predicted molar refractivity (Wildman–Crippen MR) is 107 cm³/mol. The van der Waals surface area contributed by atoms with Gasteiger partial charge in [-0.25, -0.2) is 0 Å². The molecule has 1 heterocycles. The summed E-state index contributed by atoms with van der Waals surface area (Å²) >= 11 is 12.8. The molecule has 0 unspecified atom stereocenters. The molecule has 7 heteroatoms. The molecule has 0 spiro atoms. The normalized spacial score (nSPS) is 15.8. The van der Waals surface area contributed by atoms with E-state index >= 15 is 0 Å². The Morgan fingerprint density at radius 3 is 2.52 bits per heavy atom. The van der Waals surface area contributed by atoms with Crippen LogP contribution in [0.2, 0.25) is 5.02 Å². The van der Waals surface area contributed by atoms with Crippen LogP contribution in [0.25, 0.3) is 6.08 Å². The second-order valence-corrected chi connectivity index (χ2v) is 7.17. The van der Waals surface area contributed by atoms with Crippen LogP contribution in [0, 0.1) is 0 Å². The third-order valence-electron chi connectivity index (χ3n) is 3.59. The Balaban J connectivity index is 1.95. The van der Waals surface area contributed by atoms with Gasteiger partial charge in [-0.2, -0.15) is 0 Å². The Labute approximate surface area is 160 Å². The molecule has 1 amide bonds. The highest BCUT2D eigenvalue weighted by atomic mass is 35.5. The van der Waals surface area contributed by atoms with Crippen LogP contribution in [0.3, 0.4) is 0 Å². The van der Waals surface area contributed by atoms with E-state index in [2.05, 4.69) is 0 Å². The van der Waals surface area contributed by atoms with Crippen molar-refractivity contribution in [1.82, 2.24) is 0 Å². The van der Waals surface area contributed by atoms with Gasteiger partial charge in [0.1, 0.15) is 0 Å². The molecule has 0 N–H and O–H groups in total. The molecule has 0 atom stereocenters. The number of ether oxygens (including phenoxy) is 2. The maximum Gasteiger partial charge on any atom is 0.270 e. The zero-order valence-electron chi connectivity index (χ0n) is 13.5. The molecule has 2 aromatic rings. The predicted octanol–water partition coefficient (Wildman–Crippen LogP) is 4.76. The maximum atomic E-state index is 12.8. The molecule has 128 valence electrons. The molecular formula is C18H14ClNO3S2. The SMILES string of the molecule is COc1ccc(/C=C2/SC(=S)N(c3ccccc3Cl)C2=O)cc1OC. The number of thiocarbonyl (C=S) groups is 1. The Morgan fingerprint density at radius 2 is 1.84 bits per heavy atom. The van der Waals surface area contributed by atoms with Gasteiger partial charge in [-0.1, -0.05) is 53.8 Å². The van der Waals surface area contributed by atoms with E-state index in [1.54, 1.807) is 44.6 Å². The minimum Gasteiger partial charge on any atom is -0.493 e. The number of thioether (sulfide) groups is 1. The first-order valence-corrected chi connectivity index (χ1v) is 8.90. The fraction of sp³-hybridized carbons (Fsp3) is 0.111. The van der Waals surface area contributed by atoms with E-state index in [1.807, 2.05) is 18.2 Å². The van der Waals surface area contributed by atoms with E-state index in [1.165, 1.54) is 16.7 Å². The highest BCUT2D eigenvalue weighted by Crippen LogP contribution is 2.39. The number of halogens is 1. The maximum absolute atomic E-state index is 12.8. The number of anilines is 1. The number of para-hydroxylation sites is 1. The highest BCUT2D eigenvalue weighted by molar-refractivity contribution is 8.27. The third-order valence-corrected chi connectivity index (χ3v) is 5.21. The number of carbonyl (C=O) groups excluding carboxylic acids is 1. The van der Waals surface area contributed by atoms with Gasteiger partial charge < -0.3 is 9.47 Å². The summed E-state index contributed by atoms with van der Waals surface area (Å²) in [5.74, 6) is 1.03. The van der Waals surface area contributed by atoms with Crippen molar-refractivity contribution in [2.45, 2.75) is 0 Å². The van der Waals surface area contributed by atoms with Gasteiger partial charge in [0, 0.05) is 0 Å². The van der Waals surface area contributed by atoms with Crippen LogP contribution in [-0.4, -0.2) is 24.4 Å². The van der Waals surface area contributed by atoms with E-state index in [4.69, 9.17) is 33.3 Å². The lowest BCUT2D eigenvalue weighted by molar-refractivity contribution is -0.113. The summed E-state index contributed by atoms with van der Waals surface area (Å²) in [6.45, 7) is 0. The molecule has 1 saturated heterocycles. The number of hydrogen-bond acceptors (Lipinski definition) is 5. The zero-order chi connectivity index (χ0) is 18.0. The monoisotopic (exact) mass is 391 g/mol. The molecule has 1 aliphatic rings. The average molecular weight is 392 g/mol. The minimum absolute atomic E-state index is 0.196. The summed E-state index contributed by atoms with van der Waals surface area (Å²) in [6.07, 6.45) is 1.78. The lowest BCUT2D eigenvalue weighted by Gasteiger charge is -2.15. The first kappa shape index (κ1) is 17.8. The topological polar surface area (TPSA) is 38.8 Å². The zero-order valence-corrected chi connectivity index (χ0v) is 15.9. The fourth-order valence-corrected chi connectivity index (χ4v) is 3.91. The van der Waals surface area contributed by atoms with Crippen molar-refractivity contribution in [3.63, 3.8) is 0 Å². The molecule has 4 nitrogen and oxygen atoms in total. The van der Waals surface area contributed by atoms with Gasteiger partial charge in [0.05, 0.1) is 29.8 Å². The smallest absolute Gasteiger partial charge is 0.270 e. The molecule has 0 radical (unpaired) electrons. The van der Waals surface area contributed by atoms with E-state index in [0.717, 1.165) is 5.56 Å². The number of methoxy groups -OCH3 is 2. The molecule has 2 aromatic carbocycles. The number of amides is 1. The van der Waals surface area contributed by atoms with Gasteiger partial charge in [-0.05, 0) is 35.9 Å². The molecule has 0 aromatic heterocycles. The summed E-state index contributed by atoms with van der Waals surface area (Å²) < 4.78 is 11.0. The lowest BCUT2D eigenvalue weighted by Crippen LogP contribution is -2.27. The van der Waals surface area contributed by atoms with Gasteiger partial charge in [0.25, 0.3) is 5.91 Å². The van der Waals surface area contributed by atoms with Gasteiger partial charge >= 0.3 is 0 Å². The number of benzene rings is 2. The van der Waals surface area contributed by atoms with Crippen molar-refractivity contribution in [3.8, 4) is 11.5 Å². The molecule has 0 saturated carbocycles. The highest BCUT2D eigenvalue weighted by Gasteiger charge is 2.34. The van der Waals surface area contributed by atoms with Gasteiger partial charge in [-0.15, -0.1) is 0 Å². The summed E-state index contributed by atoms with van der Waals surface area (Å²) in [6, 6.07) is 12.6. The van der Waals surface area contributed by atoms with Crippen molar-refractivity contribution in [1.29, 1.82) is 0 Å². The summed E-state index contributed by atoms with van der Waals surface area (Å²) in [5.41, 5.74) is 1.40. The van der Waals surface area contributed by atoms with Crippen LogP contribution in [0.5, 0.6) is 11.5 Å². The molecule has 0 bridgehead atoms. The van der Waals surface area contributed by atoms with E-state index in [0.29, 0.717) is 31.4 Å². The van der Waals surface area contributed by atoms with Crippen molar-refractivity contribution in [2.24, 2.45) is 0 Å². The Bertz CT molecular complexity index is 882.